The van der Waals surface area contributed by atoms with E-state index >= 15 is 0 Å². The number of Topliss-reactive ketones (excluding diaryl/α,β-unsaturated/α-hetero) is 1. The molecule has 0 unspecified atom stereocenters. The maximum absolute atomic E-state index is 10.8. The summed E-state index contributed by atoms with van der Waals surface area (Å²) in [6.07, 6.45) is 0.668. The van der Waals surface area contributed by atoms with Gasteiger partial charge < -0.3 is 15.5 Å². The molecule has 0 saturated carbocycles. The summed E-state index contributed by atoms with van der Waals surface area (Å²) in [5, 5.41) is 19.4. The summed E-state index contributed by atoms with van der Waals surface area (Å²) >= 11 is 0. The molecule has 0 spiro atoms. The topological polar surface area (TPSA) is 104 Å². The van der Waals surface area contributed by atoms with Crippen molar-refractivity contribution in [1.29, 1.82) is 0 Å². The van der Waals surface area contributed by atoms with Crippen LogP contribution in [-0.2, 0) is 14.4 Å². The Balaban J connectivity index is 4.43. The van der Waals surface area contributed by atoms with E-state index in [0.717, 1.165) is 0 Å². The molecule has 0 rings (SSSR count). The number of carboxylic acids is 2. The van der Waals surface area contributed by atoms with Crippen LogP contribution >= 0.6 is 0 Å². The Hall–Kier alpha value is -1.85. The summed E-state index contributed by atoms with van der Waals surface area (Å²) < 4.78 is 0. The molecule has 0 radical (unpaired) electrons. The van der Waals surface area contributed by atoms with E-state index in [1.807, 2.05) is 0 Å². The third-order valence-electron chi connectivity index (χ3n) is 1.73. The van der Waals surface area contributed by atoms with E-state index in [1.54, 1.807) is 0 Å². The molecule has 0 saturated heterocycles. The van der Waals surface area contributed by atoms with Gasteiger partial charge >= 0.3 is 11.9 Å². The highest BCUT2D eigenvalue weighted by Crippen LogP contribution is 1.96. The highest BCUT2D eigenvalue weighted by atomic mass is 16.4. The van der Waals surface area contributed by atoms with E-state index in [2.05, 4.69) is 5.32 Å². The minimum atomic E-state index is -1.27. The van der Waals surface area contributed by atoms with Crippen LogP contribution in [0.4, 0.5) is 0 Å². The predicted molar refractivity (Wildman–Crippen MR) is 51.3 cm³/mol. The molecule has 0 aliphatic heterocycles. The summed E-state index contributed by atoms with van der Waals surface area (Å²) in [6.45, 7) is 2.84. The summed E-state index contributed by atoms with van der Waals surface area (Å²) in [4.78, 5) is 31.7. The molecule has 0 aromatic rings. The zero-order valence-electron chi connectivity index (χ0n) is 8.48. The predicted octanol–water partition coefficient (Wildman–Crippen LogP) is -0.00330. The van der Waals surface area contributed by atoms with Crippen molar-refractivity contribution in [2.45, 2.75) is 26.3 Å². The van der Waals surface area contributed by atoms with Crippen molar-refractivity contribution in [2.24, 2.45) is 0 Å². The fourth-order valence-electron chi connectivity index (χ4n) is 0.719. The normalized spacial score (nSPS) is 13.1. The van der Waals surface area contributed by atoms with Gasteiger partial charge in [-0.1, -0.05) is 0 Å². The van der Waals surface area contributed by atoms with Gasteiger partial charge in [-0.2, -0.15) is 0 Å². The Bertz CT molecular complexity index is 308. The quantitative estimate of drug-likeness (QED) is 0.538. The monoisotopic (exact) mass is 215 g/mol. The maximum Gasteiger partial charge on any atom is 0.326 e. The molecule has 0 aliphatic carbocycles. The molecule has 0 aromatic heterocycles. The molecule has 0 bridgehead atoms. The fourth-order valence-corrected chi connectivity index (χ4v) is 0.719. The number of hydrogen-bond donors (Lipinski definition) is 3. The number of aliphatic carboxylic acids is 2. The Morgan fingerprint density at radius 3 is 2.13 bits per heavy atom. The molecule has 1 atom stereocenters. The highest BCUT2D eigenvalue weighted by molar-refractivity contribution is 5.92. The second kappa shape index (κ2) is 5.79. The van der Waals surface area contributed by atoms with Crippen LogP contribution in [0.3, 0.4) is 0 Å². The summed E-state index contributed by atoms with van der Waals surface area (Å²) in [6, 6.07) is -1.23. The van der Waals surface area contributed by atoms with E-state index in [0.29, 0.717) is 5.57 Å². The second-order valence-electron chi connectivity index (χ2n) is 3.04. The van der Waals surface area contributed by atoms with E-state index in [4.69, 9.17) is 10.2 Å². The number of allylic oxidation sites excluding steroid dienone is 1. The highest BCUT2D eigenvalue weighted by Gasteiger charge is 2.19. The van der Waals surface area contributed by atoms with Gasteiger partial charge in [0.25, 0.3) is 0 Å². The molecule has 0 amide bonds. The minimum Gasteiger partial charge on any atom is -0.481 e. The number of carbonyl (C=O) groups is 3. The Morgan fingerprint density at radius 2 is 1.80 bits per heavy atom. The molecule has 0 aromatic carbocycles. The zero-order valence-corrected chi connectivity index (χ0v) is 8.48. The van der Waals surface area contributed by atoms with Gasteiger partial charge in [0.2, 0.25) is 0 Å². The Labute approximate surface area is 86.6 Å². The van der Waals surface area contributed by atoms with E-state index in [1.165, 1.54) is 20.0 Å². The van der Waals surface area contributed by atoms with Crippen molar-refractivity contribution < 1.29 is 24.6 Å². The summed E-state index contributed by atoms with van der Waals surface area (Å²) in [5.74, 6) is -2.70. The molecular weight excluding hydrogens is 202 g/mol. The fraction of sp³-hybridized carbons (Fsp3) is 0.444. The number of nitrogens with one attached hydrogen (secondary N) is 1. The average molecular weight is 215 g/mol. The van der Waals surface area contributed by atoms with E-state index in [-0.39, 0.29) is 5.78 Å². The van der Waals surface area contributed by atoms with Gasteiger partial charge in [0.1, 0.15) is 6.04 Å². The molecule has 15 heavy (non-hydrogen) atoms. The SMILES string of the molecule is CC(=O)/C(C)=C/N[C@@H](CC(=O)O)C(=O)O. The van der Waals surface area contributed by atoms with E-state index < -0.39 is 24.4 Å². The van der Waals surface area contributed by atoms with Crippen LogP contribution < -0.4 is 5.32 Å². The van der Waals surface area contributed by atoms with Gasteiger partial charge in [0.15, 0.2) is 5.78 Å². The van der Waals surface area contributed by atoms with E-state index in [9.17, 15) is 14.4 Å². The number of rotatable bonds is 6. The van der Waals surface area contributed by atoms with Crippen LogP contribution in [-0.4, -0.2) is 34.0 Å². The first-order chi connectivity index (χ1) is 6.84. The van der Waals surface area contributed by atoms with Gasteiger partial charge in [-0.05, 0) is 13.8 Å². The first-order valence-electron chi connectivity index (χ1n) is 4.23. The van der Waals surface area contributed by atoms with Crippen molar-refractivity contribution in [2.75, 3.05) is 0 Å². The lowest BCUT2D eigenvalue weighted by atomic mass is 10.2. The standard InChI is InChI=1S/C9H13NO5/c1-5(6(2)11)4-10-7(9(14)15)3-8(12)13/h4,7,10H,3H2,1-2H3,(H,12,13)(H,14,15)/b5-4+/t7-/m0/s1. The van der Waals surface area contributed by atoms with Crippen molar-refractivity contribution >= 4 is 17.7 Å². The summed E-state index contributed by atoms with van der Waals surface area (Å²) in [5.41, 5.74) is 0.339. The molecule has 0 heterocycles. The number of carboxylic acid groups (broad SMARTS) is 2. The van der Waals surface area contributed by atoms with Crippen LogP contribution in [0, 0.1) is 0 Å². The van der Waals surface area contributed by atoms with Crippen LogP contribution in [0.1, 0.15) is 20.3 Å². The third-order valence-corrected chi connectivity index (χ3v) is 1.73. The molecular formula is C9H13NO5. The van der Waals surface area contributed by atoms with Gasteiger partial charge in [-0.15, -0.1) is 0 Å². The molecule has 3 N–H and O–H groups in total. The first kappa shape index (κ1) is 13.2. The number of ketones is 1. The lowest BCUT2D eigenvalue weighted by Crippen LogP contribution is -2.35. The first-order valence-corrected chi connectivity index (χ1v) is 4.23. The van der Waals surface area contributed by atoms with Gasteiger partial charge in [0.05, 0.1) is 6.42 Å². The molecule has 0 fully saturated rings. The smallest absolute Gasteiger partial charge is 0.326 e. The third kappa shape index (κ3) is 5.45. The Morgan fingerprint density at radius 1 is 1.27 bits per heavy atom. The van der Waals surface area contributed by atoms with Crippen molar-refractivity contribution in [3.05, 3.63) is 11.8 Å². The van der Waals surface area contributed by atoms with Crippen LogP contribution in [0.2, 0.25) is 0 Å². The lowest BCUT2D eigenvalue weighted by Gasteiger charge is -2.10. The minimum absolute atomic E-state index is 0.207. The lowest BCUT2D eigenvalue weighted by molar-refractivity contribution is -0.145. The van der Waals surface area contributed by atoms with Gasteiger partial charge in [0, 0.05) is 11.8 Å². The molecule has 6 heteroatoms. The van der Waals surface area contributed by atoms with Crippen molar-refractivity contribution in [3.8, 4) is 0 Å². The van der Waals surface area contributed by atoms with Crippen LogP contribution in [0.5, 0.6) is 0 Å². The average Bonchev–Trinajstić information content (AvgIpc) is 2.10. The molecule has 6 nitrogen and oxygen atoms in total. The number of carbonyl (C=O) groups excluding carboxylic acids is 1. The Kier molecular flexibility index (Phi) is 5.08. The van der Waals surface area contributed by atoms with Gasteiger partial charge in [-0.3, -0.25) is 9.59 Å². The van der Waals surface area contributed by atoms with Crippen molar-refractivity contribution in [3.63, 3.8) is 0 Å². The van der Waals surface area contributed by atoms with Crippen LogP contribution in [0.25, 0.3) is 0 Å². The maximum atomic E-state index is 10.8. The summed E-state index contributed by atoms with van der Waals surface area (Å²) in [7, 11) is 0. The largest absolute Gasteiger partial charge is 0.481 e. The van der Waals surface area contributed by atoms with Gasteiger partial charge in [-0.25, -0.2) is 4.79 Å². The zero-order chi connectivity index (χ0) is 12.0. The second-order valence-corrected chi connectivity index (χ2v) is 3.04. The van der Waals surface area contributed by atoms with Crippen LogP contribution in [0.15, 0.2) is 11.8 Å². The number of hydrogen-bond acceptors (Lipinski definition) is 4. The molecule has 0 aliphatic rings. The van der Waals surface area contributed by atoms with Crippen molar-refractivity contribution in [1.82, 2.24) is 5.32 Å². The molecule has 84 valence electrons.